The van der Waals surface area contributed by atoms with E-state index in [2.05, 4.69) is 4.98 Å². The standard InChI is InChI=1S/C26H27N3O7S2/c1-12-7-6-8-16(9-12)36-26(33)35-15(4)34-25(32)21-18(13(2)20-19(14(3)30)23(31)29(20)21)17-10-28-11-27-22(37-5)24(28)38-17/h6-11,13-15,19-20,30H,1-5H3/t13-,14+,15?,19+,20+/m0/s1. The van der Waals surface area contributed by atoms with Gasteiger partial charge in [-0.25, -0.2) is 14.6 Å². The van der Waals surface area contributed by atoms with Crippen molar-refractivity contribution in [2.45, 2.75) is 51.2 Å². The largest absolute Gasteiger partial charge is 0.516 e. The number of carbonyl (C=O) groups excluding carboxylic acids is 3. The lowest BCUT2D eigenvalue weighted by molar-refractivity contribution is -0.172. The molecule has 5 atom stereocenters. The number of aliphatic hydroxyl groups excluding tert-OH is 1. The first-order valence-electron chi connectivity index (χ1n) is 12.0. The average Bonchev–Trinajstić information content (AvgIpc) is 3.48. The highest BCUT2D eigenvalue weighted by atomic mass is 32.2. The van der Waals surface area contributed by atoms with Gasteiger partial charge in [-0.1, -0.05) is 19.1 Å². The molecule has 0 spiro atoms. The number of esters is 1. The Morgan fingerprint density at radius 3 is 2.68 bits per heavy atom. The second-order valence-electron chi connectivity index (χ2n) is 9.34. The minimum atomic E-state index is -1.28. The van der Waals surface area contributed by atoms with Crippen LogP contribution in [0.1, 0.15) is 31.2 Å². The summed E-state index contributed by atoms with van der Waals surface area (Å²) in [6, 6.07) is 6.49. The summed E-state index contributed by atoms with van der Waals surface area (Å²) >= 11 is 2.98. The van der Waals surface area contributed by atoms with E-state index in [1.165, 1.54) is 34.9 Å². The Labute approximate surface area is 227 Å². The van der Waals surface area contributed by atoms with Crippen molar-refractivity contribution in [2.24, 2.45) is 11.8 Å². The van der Waals surface area contributed by atoms with Crippen molar-refractivity contribution in [3.8, 4) is 5.75 Å². The number of nitrogens with zero attached hydrogens (tertiary/aromatic N) is 3. The number of rotatable bonds is 7. The molecule has 2 aliphatic rings. The van der Waals surface area contributed by atoms with Crippen LogP contribution < -0.4 is 4.74 Å². The van der Waals surface area contributed by atoms with Gasteiger partial charge in [-0.15, -0.1) is 23.1 Å². The Balaban J connectivity index is 1.41. The molecule has 1 aromatic carbocycles. The van der Waals surface area contributed by atoms with Crippen LogP contribution in [0.4, 0.5) is 4.79 Å². The smallest absolute Gasteiger partial charge is 0.421 e. The number of thiazole rings is 1. The molecule has 0 radical (unpaired) electrons. The zero-order valence-corrected chi connectivity index (χ0v) is 23.0. The molecule has 12 heteroatoms. The number of fused-ring (bicyclic) bond motifs is 2. The third kappa shape index (κ3) is 4.46. The van der Waals surface area contributed by atoms with Gasteiger partial charge in [-0.05, 0) is 37.8 Å². The number of β-lactam (4-membered cyclic amide) rings is 1. The van der Waals surface area contributed by atoms with Crippen molar-refractivity contribution in [1.82, 2.24) is 14.3 Å². The number of aromatic nitrogens is 2. The number of benzene rings is 1. The van der Waals surface area contributed by atoms with Gasteiger partial charge in [0.2, 0.25) is 12.2 Å². The van der Waals surface area contributed by atoms with Crippen LogP contribution in [0.15, 0.2) is 47.5 Å². The number of ether oxygens (including phenoxy) is 3. The first-order chi connectivity index (χ1) is 18.1. The highest BCUT2D eigenvalue weighted by Crippen LogP contribution is 2.52. The van der Waals surface area contributed by atoms with Crippen LogP contribution in [0.2, 0.25) is 0 Å². The monoisotopic (exact) mass is 557 g/mol. The lowest BCUT2D eigenvalue weighted by Gasteiger charge is -2.46. The fourth-order valence-electron chi connectivity index (χ4n) is 5.09. The average molecular weight is 558 g/mol. The molecule has 3 aromatic rings. The first-order valence-corrected chi connectivity index (χ1v) is 14.1. The van der Waals surface area contributed by atoms with Crippen LogP contribution in [0.3, 0.4) is 0 Å². The predicted molar refractivity (Wildman–Crippen MR) is 141 cm³/mol. The fourth-order valence-corrected chi connectivity index (χ4v) is 7.01. The molecule has 10 nitrogen and oxygen atoms in total. The Kier molecular flexibility index (Phi) is 6.97. The molecule has 1 fully saturated rings. The summed E-state index contributed by atoms with van der Waals surface area (Å²) in [4.78, 5) is 46.3. The van der Waals surface area contributed by atoms with Crippen LogP contribution in [0.25, 0.3) is 10.4 Å². The van der Waals surface area contributed by atoms with Crippen LogP contribution in [-0.2, 0) is 19.1 Å². The van der Waals surface area contributed by atoms with E-state index in [1.54, 1.807) is 31.5 Å². The number of hydrogen-bond acceptors (Lipinski definition) is 10. The van der Waals surface area contributed by atoms with Gasteiger partial charge in [0.1, 0.15) is 27.6 Å². The minimum absolute atomic E-state index is 0.0927. The highest BCUT2D eigenvalue weighted by molar-refractivity contribution is 7.98. The third-order valence-electron chi connectivity index (χ3n) is 6.73. The fraction of sp³-hybridized carbons (Fsp3) is 0.385. The van der Waals surface area contributed by atoms with Gasteiger partial charge in [0.25, 0.3) is 0 Å². The third-order valence-corrected chi connectivity index (χ3v) is 8.69. The molecular weight excluding hydrogens is 530 g/mol. The summed E-state index contributed by atoms with van der Waals surface area (Å²) in [5, 5.41) is 11.1. The summed E-state index contributed by atoms with van der Waals surface area (Å²) < 4.78 is 17.7. The molecule has 0 aliphatic carbocycles. The topological polar surface area (TPSA) is 120 Å². The number of aliphatic hydroxyl groups is 1. The summed E-state index contributed by atoms with van der Waals surface area (Å²) in [6.07, 6.45) is 2.34. The second-order valence-corrected chi connectivity index (χ2v) is 11.2. The molecule has 38 heavy (non-hydrogen) atoms. The zero-order valence-electron chi connectivity index (χ0n) is 21.4. The highest BCUT2D eigenvalue weighted by Gasteiger charge is 2.60. The molecule has 5 rings (SSSR count). The van der Waals surface area contributed by atoms with Gasteiger partial charge in [-0.3, -0.25) is 9.20 Å². The first kappa shape index (κ1) is 26.3. The molecule has 4 heterocycles. The van der Waals surface area contributed by atoms with Crippen LogP contribution in [0, 0.1) is 18.8 Å². The van der Waals surface area contributed by atoms with Gasteiger partial charge in [0, 0.05) is 24.6 Å². The van der Waals surface area contributed by atoms with E-state index in [0.717, 1.165) is 20.3 Å². The minimum Gasteiger partial charge on any atom is -0.421 e. The van der Waals surface area contributed by atoms with Crippen molar-refractivity contribution < 1.29 is 33.7 Å². The van der Waals surface area contributed by atoms with Gasteiger partial charge in [0.05, 0.1) is 22.9 Å². The molecule has 1 saturated heterocycles. The molecule has 200 valence electrons. The van der Waals surface area contributed by atoms with Crippen LogP contribution >= 0.6 is 23.1 Å². The van der Waals surface area contributed by atoms with E-state index < -0.39 is 30.4 Å². The Morgan fingerprint density at radius 2 is 2.00 bits per heavy atom. The number of hydrogen-bond donors (Lipinski definition) is 1. The van der Waals surface area contributed by atoms with E-state index in [4.69, 9.17) is 14.2 Å². The summed E-state index contributed by atoms with van der Waals surface area (Å²) in [5.41, 5.74) is 1.64. The normalized spacial score (nSPS) is 22.2. The molecule has 1 unspecified atom stereocenters. The number of amides is 1. The quantitative estimate of drug-likeness (QED) is 0.151. The van der Waals surface area contributed by atoms with E-state index in [-0.39, 0.29) is 23.6 Å². The lowest BCUT2D eigenvalue weighted by atomic mass is 9.77. The van der Waals surface area contributed by atoms with E-state index in [0.29, 0.717) is 11.3 Å². The van der Waals surface area contributed by atoms with Crippen molar-refractivity contribution >= 4 is 51.5 Å². The maximum absolute atomic E-state index is 13.5. The number of carbonyl (C=O) groups is 3. The van der Waals surface area contributed by atoms with Crippen molar-refractivity contribution in [1.29, 1.82) is 0 Å². The van der Waals surface area contributed by atoms with Crippen molar-refractivity contribution in [3.05, 3.63) is 52.9 Å². The molecule has 1 N–H and O–H groups in total. The van der Waals surface area contributed by atoms with E-state index >= 15 is 0 Å². The zero-order chi connectivity index (χ0) is 27.3. The van der Waals surface area contributed by atoms with Crippen LogP contribution in [0.5, 0.6) is 5.75 Å². The van der Waals surface area contributed by atoms with E-state index in [1.807, 2.05) is 36.8 Å². The maximum atomic E-state index is 13.5. The Bertz CT molecular complexity index is 1460. The van der Waals surface area contributed by atoms with Gasteiger partial charge in [0.15, 0.2) is 0 Å². The molecule has 0 saturated carbocycles. The van der Waals surface area contributed by atoms with Gasteiger partial charge < -0.3 is 24.2 Å². The van der Waals surface area contributed by atoms with Crippen molar-refractivity contribution in [2.75, 3.05) is 6.26 Å². The SMILES string of the molecule is CSc1ncn2cc(C3=C(C(=O)OC(C)OC(=O)Oc4cccc(C)c4)N4C(=O)[C@H]([C@@H](C)O)[C@H]4[C@H]3C)sc12. The number of aryl methyl sites for hydroxylation is 1. The molecule has 2 aliphatic heterocycles. The van der Waals surface area contributed by atoms with Crippen molar-refractivity contribution in [3.63, 3.8) is 0 Å². The molecule has 1 amide bonds. The summed E-state index contributed by atoms with van der Waals surface area (Å²) in [5.74, 6) is -1.72. The summed E-state index contributed by atoms with van der Waals surface area (Å²) in [6.45, 7) is 6.76. The van der Waals surface area contributed by atoms with Gasteiger partial charge >= 0.3 is 12.1 Å². The molecule has 0 bridgehead atoms. The Morgan fingerprint density at radius 1 is 1.24 bits per heavy atom. The lowest BCUT2D eigenvalue weighted by Crippen LogP contribution is -2.63. The molecule has 2 aromatic heterocycles. The maximum Gasteiger partial charge on any atom is 0.516 e. The summed E-state index contributed by atoms with van der Waals surface area (Å²) in [7, 11) is 0. The molecular formula is C26H27N3O7S2. The van der Waals surface area contributed by atoms with Gasteiger partial charge in [-0.2, -0.15) is 0 Å². The predicted octanol–water partition coefficient (Wildman–Crippen LogP) is 4.10. The number of imidazole rings is 1. The number of thioether (sulfide) groups is 1. The Hall–Kier alpha value is -3.35. The van der Waals surface area contributed by atoms with Crippen LogP contribution in [-0.4, -0.2) is 62.1 Å². The van der Waals surface area contributed by atoms with E-state index in [9.17, 15) is 19.5 Å². The second kappa shape index (κ2) is 10.1.